The maximum Gasteiger partial charge on any atom is 0.276 e. The zero-order valence-electron chi connectivity index (χ0n) is 18.8. The monoisotopic (exact) mass is 498 g/mol. The van der Waals surface area contributed by atoms with Gasteiger partial charge in [0.2, 0.25) is 0 Å². The lowest BCUT2D eigenvalue weighted by atomic mass is 10.2. The minimum atomic E-state index is -3.74. The van der Waals surface area contributed by atoms with Gasteiger partial charge in [0.1, 0.15) is 5.75 Å². The largest absolute Gasteiger partial charge is 0.484 e. The van der Waals surface area contributed by atoms with Crippen molar-refractivity contribution in [1.82, 2.24) is 10.9 Å². The first-order valence-corrected chi connectivity index (χ1v) is 11.6. The van der Waals surface area contributed by atoms with Crippen LogP contribution in [0.2, 0.25) is 0 Å². The van der Waals surface area contributed by atoms with E-state index in [2.05, 4.69) is 10.9 Å². The molecule has 0 saturated heterocycles. The first-order chi connectivity index (χ1) is 16.6. The summed E-state index contributed by atoms with van der Waals surface area (Å²) in [6, 6.07) is 17.6. The molecule has 182 valence electrons. The maximum absolute atomic E-state index is 12.8. The molecule has 3 aromatic carbocycles. The molecule has 0 unspecified atom stereocenters. The average molecular weight is 499 g/mol. The molecule has 0 aromatic heterocycles. The van der Waals surface area contributed by atoms with E-state index in [4.69, 9.17) is 4.74 Å². The quantitative estimate of drug-likeness (QED) is 0.358. The Morgan fingerprint density at radius 1 is 1.00 bits per heavy atom. The minimum absolute atomic E-state index is 0.000663. The number of hydrogen-bond acceptors (Lipinski definition) is 7. The Labute approximate surface area is 201 Å². The van der Waals surface area contributed by atoms with Crippen LogP contribution in [0, 0.1) is 17.0 Å². The Bertz CT molecular complexity index is 1340. The van der Waals surface area contributed by atoms with E-state index >= 15 is 0 Å². The van der Waals surface area contributed by atoms with Gasteiger partial charge in [-0.1, -0.05) is 23.8 Å². The van der Waals surface area contributed by atoms with Crippen molar-refractivity contribution in [2.24, 2.45) is 0 Å². The molecule has 35 heavy (non-hydrogen) atoms. The van der Waals surface area contributed by atoms with Gasteiger partial charge in [-0.2, -0.15) is 0 Å². The highest BCUT2D eigenvalue weighted by Crippen LogP contribution is 2.24. The van der Waals surface area contributed by atoms with Crippen LogP contribution in [-0.2, 0) is 14.8 Å². The number of ether oxygens (including phenoxy) is 1. The number of hydrazine groups is 1. The Kier molecular flexibility index (Phi) is 7.66. The first-order valence-electron chi connectivity index (χ1n) is 10.2. The van der Waals surface area contributed by atoms with Crippen LogP contribution >= 0.6 is 0 Å². The summed E-state index contributed by atoms with van der Waals surface area (Å²) in [5.41, 5.74) is 5.38. The van der Waals surface area contributed by atoms with Gasteiger partial charge in [-0.25, -0.2) is 8.42 Å². The Balaban J connectivity index is 1.53. The first kappa shape index (κ1) is 25.2. The minimum Gasteiger partial charge on any atom is -0.484 e. The number of nitro groups is 1. The van der Waals surface area contributed by atoms with Crippen molar-refractivity contribution in [3.05, 3.63) is 94.0 Å². The fraction of sp³-hybridized carbons (Fsp3) is 0.130. The normalized spacial score (nSPS) is 10.8. The van der Waals surface area contributed by atoms with E-state index in [-0.39, 0.29) is 16.1 Å². The Hall–Kier alpha value is -4.45. The number of non-ortho nitro benzene ring substituents is 1. The van der Waals surface area contributed by atoms with Crippen LogP contribution in [0.3, 0.4) is 0 Å². The predicted octanol–water partition coefficient (Wildman–Crippen LogP) is 2.57. The summed E-state index contributed by atoms with van der Waals surface area (Å²) >= 11 is 0. The van der Waals surface area contributed by atoms with E-state index in [1.165, 1.54) is 61.6 Å². The molecule has 0 fully saturated rings. The van der Waals surface area contributed by atoms with Gasteiger partial charge in [0, 0.05) is 24.7 Å². The lowest BCUT2D eigenvalue weighted by Crippen LogP contribution is -2.43. The van der Waals surface area contributed by atoms with Crippen molar-refractivity contribution in [3.8, 4) is 5.75 Å². The maximum atomic E-state index is 12.8. The highest BCUT2D eigenvalue weighted by molar-refractivity contribution is 7.92. The smallest absolute Gasteiger partial charge is 0.276 e. The van der Waals surface area contributed by atoms with Crippen LogP contribution in [0.4, 0.5) is 11.4 Å². The molecule has 0 aliphatic heterocycles. The molecule has 0 radical (unpaired) electrons. The summed E-state index contributed by atoms with van der Waals surface area (Å²) < 4.78 is 32.1. The number of amides is 2. The number of hydrogen-bond donors (Lipinski definition) is 2. The molecule has 3 aromatic rings. The number of nitro benzene ring substituents is 1. The van der Waals surface area contributed by atoms with Gasteiger partial charge in [-0.05, 0) is 49.4 Å². The topological polar surface area (TPSA) is 148 Å². The van der Waals surface area contributed by atoms with E-state index in [0.29, 0.717) is 11.4 Å². The number of carbonyl (C=O) groups excluding carboxylic acids is 2. The predicted molar refractivity (Wildman–Crippen MR) is 127 cm³/mol. The molecule has 0 aliphatic rings. The van der Waals surface area contributed by atoms with E-state index in [1.807, 2.05) is 6.92 Å². The summed E-state index contributed by atoms with van der Waals surface area (Å²) in [5.74, 6) is -1.11. The molecule has 0 bridgehead atoms. The summed E-state index contributed by atoms with van der Waals surface area (Å²) in [5, 5.41) is 10.8. The molecule has 3 rings (SSSR count). The lowest BCUT2D eigenvalue weighted by Gasteiger charge is -2.20. The third-order valence-electron chi connectivity index (χ3n) is 4.88. The third-order valence-corrected chi connectivity index (χ3v) is 6.68. The molecular formula is C23H22N4O7S. The SMILES string of the molecule is Cc1ccc(S(=O)(=O)N(C)c2ccc(OCC(=O)NNC(=O)c3cccc([N+](=O)[O-])c3)cc2)cc1. The fourth-order valence-electron chi connectivity index (χ4n) is 2.90. The molecule has 0 aliphatic carbocycles. The van der Waals surface area contributed by atoms with Gasteiger partial charge in [0.25, 0.3) is 27.5 Å². The molecule has 2 N–H and O–H groups in total. The van der Waals surface area contributed by atoms with Gasteiger partial charge in [0.05, 0.1) is 15.5 Å². The Morgan fingerprint density at radius 3 is 2.29 bits per heavy atom. The highest BCUT2D eigenvalue weighted by Gasteiger charge is 2.21. The fourth-order valence-corrected chi connectivity index (χ4v) is 4.10. The standard InChI is InChI=1S/C23H22N4O7S/c1-16-6-12-21(13-7-16)35(32,33)26(2)18-8-10-20(11-9-18)34-15-22(28)24-25-23(29)17-4-3-5-19(14-17)27(30)31/h3-14H,15H2,1-2H3,(H,24,28)(H,25,29). The number of benzene rings is 3. The highest BCUT2D eigenvalue weighted by atomic mass is 32.2. The van der Waals surface area contributed by atoms with E-state index in [0.717, 1.165) is 15.9 Å². The number of nitrogens with one attached hydrogen (secondary N) is 2. The van der Waals surface area contributed by atoms with Crippen LogP contribution in [0.1, 0.15) is 15.9 Å². The summed E-state index contributed by atoms with van der Waals surface area (Å²) in [6.45, 7) is 1.43. The van der Waals surface area contributed by atoms with Gasteiger partial charge < -0.3 is 4.74 Å². The third kappa shape index (κ3) is 6.32. The Morgan fingerprint density at radius 2 is 1.66 bits per heavy atom. The number of nitrogens with zero attached hydrogens (tertiary/aromatic N) is 2. The van der Waals surface area contributed by atoms with Crippen LogP contribution in [-0.4, -0.2) is 38.8 Å². The number of anilines is 1. The number of rotatable bonds is 8. The average Bonchev–Trinajstić information content (AvgIpc) is 2.86. The van der Waals surface area contributed by atoms with Crippen LogP contribution in [0.15, 0.2) is 77.7 Å². The van der Waals surface area contributed by atoms with Crippen molar-refractivity contribution in [2.45, 2.75) is 11.8 Å². The van der Waals surface area contributed by atoms with Gasteiger partial charge in [0.15, 0.2) is 6.61 Å². The van der Waals surface area contributed by atoms with Crippen LogP contribution in [0.5, 0.6) is 5.75 Å². The number of aryl methyl sites for hydroxylation is 1. The van der Waals surface area contributed by atoms with E-state index < -0.39 is 33.4 Å². The molecule has 0 atom stereocenters. The molecular weight excluding hydrogens is 476 g/mol. The molecule has 11 nitrogen and oxygen atoms in total. The number of carbonyl (C=O) groups is 2. The summed E-state index contributed by atoms with van der Waals surface area (Å²) in [7, 11) is -2.31. The molecule has 0 spiro atoms. The van der Waals surface area contributed by atoms with Gasteiger partial charge in [-0.15, -0.1) is 0 Å². The van der Waals surface area contributed by atoms with Crippen LogP contribution in [0.25, 0.3) is 0 Å². The van der Waals surface area contributed by atoms with Crippen LogP contribution < -0.4 is 19.9 Å². The molecule has 0 saturated carbocycles. The number of sulfonamides is 1. The van der Waals surface area contributed by atoms with Crippen molar-refractivity contribution >= 4 is 33.2 Å². The van der Waals surface area contributed by atoms with E-state index in [1.54, 1.807) is 12.1 Å². The van der Waals surface area contributed by atoms with Crippen molar-refractivity contribution in [1.29, 1.82) is 0 Å². The molecule has 0 heterocycles. The van der Waals surface area contributed by atoms with Crippen molar-refractivity contribution in [2.75, 3.05) is 18.0 Å². The molecule has 2 amide bonds. The lowest BCUT2D eigenvalue weighted by molar-refractivity contribution is -0.384. The van der Waals surface area contributed by atoms with Gasteiger partial charge >= 0.3 is 0 Å². The molecule has 12 heteroatoms. The van der Waals surface area contributed by atoms with Crippen molar-refractivity contribution < 1.29 is 27.7 Å². The zero-order chi connectivity index (χ0) is 25.6. The summed E-state index contributed by atoms with van der Waals surface area (Å²) in [6.07, 6.45) is 0. The summed E-state index contributed by atoms with van der Waals surface area (Å²) in [4.78, 5) is 34.4. The second kappa shape index (κ2) is 10.7. The van der Waals surface area contributed by atoms with Crippen molar-refractivity contribution in [3.63, 3.8) is 0 Å². The van der Waals surface area contributed by atoms with E-state index in [9.17, 15) is 28.1 Å². The zero-order valence-corrected chi connectivity index (χ0v) is 19.6. The second-order valence-electron chi connectivity index (χ2n) is 7.38. The second-order valence-corrected chi connectivity index (χ2v) is 9.35. The van der Waals surface area contributed by atoms with Gasteiger partial charge in [-0.3, -0.25) is 34.9 Å².